The van der Waals surface area contributed by atoms with Crippen LogP contribution in [0.2, 0.25) is 0 Å². The summed E-state index contributed by atoms with van der Waals surface area (Å²) in [5, 5.41) is 9.41. The summed E-state index contributed by atoms with van der Waals surface area (Å²) in [7, 11) is 0. The molecule has 128 valence electrons. The van der Waals surface area contributed by atoms with Gasteiger partial charge < -0.3 is 19.3 Å². The summed E-state index contributed by atoms with van der Waals surface area (Å²) in [5.41, 5.74) is 1.06. The maximum Gasteiger partial charge on any atom is 0.309 e. The van der Waals surface area contributed by atoms with Crippen molar-refractivity contribution in [2.24, 2.45) is 5.92 Å². The fourth-order valence-electron chi connectivity index (χ4n) is 2.73. The van der Waals surface area contributed by atoms with Crippen molar-refractivity contribution in [3.8, 4) is 0 Å². The molecule has 0 aromatic heterocycles. The average Bonchev–Trinajstić information content (AvgIpc) is 2.57. The molecule has 1 aliphatic heterocycles. The van der Waals surface area contributed by atoms with E-state index in [1.54, 1.807) is 0 Å². The van der Waals surface area contributed by atoms with Crippen LogP contribution in [-0.2, 0) is 25.6 Å². The Labute approximate surface area is 137 Å². The Bertz CT molecular complexity index is 456. The fourth-order valence-corrected chi connectivity index (χ4v) is 2.73. The molecular weight excluding hydrogens is 296 g/mol. The third-order valence-electron chi connectivity index (χ3n) is 4.06. The van der Waals surface area contributed by atoms with Crippen LogP contribution in [-0.4, -0.2) is 36.7 Å². The van der Waals surface area contributed by atoms with Crippen LogP contribution in [0, 0.1) is 5.92 Å². The normalized spacial score (nSPS) is 20.8. The van der Waals surface area contributed by atoms with Crippen LogP contribution in [0.1, 0.15) is 38.2 Å². The first-order valence-electron chi connectivity index (χ1n) is 8.32. The van der Waals surface area contributed by atoms with Crippen LogP contribution in [0.25, 0.3) is 0 Å². The molecule has 0 amide bonds. The Morgan fingerprint density at radius 1 is 1.35 bits per heavy atom. The molecular formula is C18H26O5. The third-order valence-corrected chi connectivity index (χ3v) is 4.06. The molecule has 5 nitrogen and oxygen atoms in total. The molecule has 2 unspecified atom stereocenters. The van der Waals surface area contributed by atoms with Gasteiger partial charge in [-0.2, -0.15) is 0 Å². The topological polar surface area (TPSA) is 65.0 Å². The SMILES string of the molecule is CC[C@H](C(=O)O)C(COCc1ccccc1)OC1CCCCO1. The van der Waals surface area contributed by atoms with Crippen LogP contribution < -0.4 is 0 Å². The Hall–Kier alpha value is -1.43. The second kappa shape index (κ2) is 9.65. The Morgan fingerprint density at radius 3 is 2.74 bits per heavy atom. The third kappa shape index (κ3) is 5.94. The quantitative estimate of drug-likeness (QED) is 0.756. The number of carboxylic acids is 1. The smallest absolute Gasteiger partial charge is 0.309 e. The van der Waals surface area contributed by atoms with E-state index in [1.807, 2.05) is 37.3 Å². The minimum atomic E-state index is -0.850. The molecule has 0 bridgehead atoms. The van der Waals surface area contributed by atoms with Crippen LogP contribution in [0.15, 0.2) is 30.3 Å². The zero-order valence-electron chi connectivity index (χ0n) is 13.6. The summed E-state index contributed by atoms with van der Waals surface area (Å²) < 4.78 is 17.2. The molecule has 1 aromatic rings. The lowest BCUT2D eigenvalue weighted by molar-refractivity contribution is -0.212. The number of benzene rings is 1. The van der Waals surface area contributed by atoms with Crippen molar-refractivity contribution >= 4 is 5.97 Å². The second-order valence-electron chi connectivity index (χ2n) is 5.82. The standard InChI is InChI=1S/C18H26O5/c1-2-15(18(19)20)16(23-17-10-6-7-11-22-17)13-21-12-14-8-4-3-5-9-14/h3-5,8-9,15-17H,2,6-7,10-13H2,1H3,(H,19,20)/t15-,16?,17?/m0/s1. The van der Waals surface area contributed by atoms with E-state index in [0.29, 0.717) is 19.6 Å². The Morgan fingerprint density at radius 2 is 2.13 bits per heavy atom. The van der Waals surface area contributed by atoms with Gasteiger partial charge in [0.25, 0.3) is 0 Å². The first-order valence-corrected chi connectivity index (χ1v) is 8.32. The minimum absolute atomic E-state index is 0.250. The van der Waals surface area contributed by atoms with E-state index in [1.165, 1.54) is 0 Å². The average molecular weight is 322 g/mol. The highest BCUT2D eigenvalue weighted by Crippen LogP contribution is 2.21. The van der Waals surface area contributed by atoms with Gasteiger partial charge >= 0.3 is 5.97 Å². The fraction of sp³-hybridized carbons (Fsp3) is 0.611. The van der Waals surface area contributed by atoms with Crippen molar-refractivity contribution in [2.45, 2.75) is 51.6 Å². The molecule has 1 saturated heterocycles. The predicted octanol–water partition coefficient (Wildman–Crippen LogP) is 3.23. The van der Waals surface area contributed by atoms with Gasteiger partial charge in [-0.3, -0.25) is 4.79 Å². The highest BCUT2D eigenvalue weighted by molar-refractivity contribution is 5.70. The lowest BCUT2D eigenvalue weighted by Gasteiger charge is -2.30. The molecule has 2 rings (SSSR count). The van der Waals surface area contributed by atoms with Gasteiger partial charge in [0, 0.05) is 6.61 Å². The van der Waals surface area contributed by atoms with Crippen LogP contribution in [0.4, 0.5) is 0 Å². The summed E-state index contributed by atoms with van der Waals surface area (Å²) in [4.78, 5) is 11.5. The summed E-state index contributed by atoms with van der Waals surface area (Å²) in [5.74, 6) is -1.44. The van der Waals surface area contributed by atoms with Gasteiger partial charge in [-0.25, -0.2) is 0 Å². The van der Waals surface area contributed by atoms with Crippen LogP contribution >= 0.6 is 0 Å². The number of hydrogen-bond donors (Lipinski definition) is 1. The summed E-state index contributed by atoms with van der Waals surface area (Å²) in [6.07, 6.45) is 2.58. The first kappa shape index (κ1) is 17.9. The van der Waals surface area contributed by atoms with Gasteiger partial charge in [-0.1, -0.05) is 37.3 Å². The molecule has 5 heteroatoms. The number of hydrogen-bond acceptors (Lipinski definition) is 4. The highest BCUT2D eigenvalue weighted by atomic mass is 16.7. The largest absolute Gasteiger partial charge is 0.481 e. The van der Waals surface area contributed by atoms with E-state index in [2.05, 4.69) is 0 Å². The molecule has 0 spiro atoms. The van der Waals surface area contributed by atoms with Crippen molar-refractivity contribution < 1.29 is 24.1 Å². The van der Waals surface area contributed by atoms with Crippen molar-refractivity contribution in [2.75, 3.05) is 13.2 Å². The van der Waals surface area contributed by atoms with Gasteiger partial charge in [0.05, 0.1) is 25.2 Å². The molecule has 1 aromatic carbocycles. The van der Waals surface area contributed by atoms with Gasteiger partial charge in [-0.05, 0) is 31.2 Å². The summed E-state index contributed by atoms with van der Waals surface area (Å²) in [6.45, 7) is 3.22. The number of aliphatic carboxylic acids is 1. The monoisotopic (exact) mass is 322 g/mol. The lowest BCUT2D eigenvalue weighted by Crippen LogP contribution is -2.38. The number of rotatable bonds is 9. The molecule has 0 saturated carbocycles. The highest BCUT2D eigenvalue weighted by Gasteiger charge is 2.31. The van der Waals surface area contributed by atoms with Gasteiger partial charge in [0.15, 0.2) is 6.29 Å². The van der Waals surface area contributed by atoms with E-state index < -0.39 is 18.0 Å². The zero-order chi connectivity index (χ0) is 16.5. The number of ether oxygens (including phenoxy) is 3. The molecule has 1 N–H and O–H groups in total. The Balaban J connectivity index is 1.90. The van der Waals surface area contributed by atoms with E-state index in [-0.39, 0.29) is 12.9 Å². The molecule has 1 aliphatic rings. The summed E-state index contributed by atoms with van der Waals surface area (Å²) in [6, 6.07) is 9.82. The van der Waals surface area contributed by atoms with Crippen molar-refractivity contribution in [1.29, 1.82) is 0 Å². The molecule has 1 fully saturated rings. The summed E-state index contributed by atoms with van der Waals surface area (Å²) >= 11 is 0. The maximum atomic E-state index is 11.5. The maximum absolute atomic E-state index is 11.5. The van der Waals surface area contributed by atoms with Gasteiger partial charge in [0.2, 0.25) is 0 Å². The van der Waals surface area contributed by atoms with Crippen LogP contribution in [0.5, 0.6) is 0 Å². The Kier molecular flexibility index (Phi) is 7.52. The van der Waals surface area contributed by atoms with E-state index in [4.69, 9.17) is 14.2 Å². The van der Waals surface area contributed by atoms with E-state index >= 15 is 0 Å². The molecule has 23 heavy (non-hydrogen) atoms. The van der Waals surface area contributed by atoms with Gasteiger partial charge in [0.1, 0.15) is 0 Å². The number of carboxylic acid groups (broad SMARTS) is 1. The number of carbonyl (C=O) groups is 1. The molecule has 3 atom stereocenters. The first-order chi connectivity index (χ1) is 11.2. The van der Waals surface area contributed by atoms with E-state index in [9.17, 15) is 9.90 Å². The van der Waals surface area contributed by atoms with E-state index in [0.717, 1.165) is 24.8 Å². The molecule has 1 heterocycles. The zero-order valence-corrected chi connectivity index (χ0v) is 13.6. The second-order valence-corrected chi connectivity index (χ2v) is 5.82. The van der Waals surface area contributed by atoms with Crippen molar-refractivity contribution in [1.82, 2.24) is 0 Å². The lowest BCUT2D eigenvalue weighted by atomic mass is 10.00. The minimum Gasteiger partial charge on any atom is -0.481 e. The van der Waals surface area contributed by atoms with Crippen molar-refractivity contribution in [3.05, 3.63) is 35.9 Å². The van der Waals surface area contributed by atoms with Crippen molar-refractivity contribution in [3.63, 3.8) is 0 Å². The molecule has 0 radical (unpaired) electrons. The predicted molar refractivity (Wildman–Crippen MR) is 86.0 cm³/mol. The molecule has 0 aliphatic carbocycles. The van der Waals surface area contributed by atoms with Gasteiger partial charge in [-0.15, -0.1) is 0 Å². The van der Waals surface area contributed by atoms with Crippen LogP contribution in [0.3, 0.4) is 0 Å².